The van der Waals surface area contributed by atoms with E-state index in [1.807, 2.05) is 12.1 Å². The molecule has 0 aliphatic carbocycles. The third kappa shape index (κ3) is 4.61. The highest BCUT2D eigenvalue weighted by Crippen LogP contribution is 2.45. The van der Waals surface area contributed by atoms with Crippen molar-refractivity contribution in [2.45, 2.75) is 52.4 Å². The maximum absolute atomic E-state index is 13.9. The Morgan fingerprint density at radius 2 is 1.31 bits per heavy atom. The van der Waals surface area contributed by atoms with Gasteiger partial charge >= 0.3 is 0 Å². The van der Waals surface area contributed by atoms with Gasteiger partial charge in [0, 0.05) is 11.1 Å². The van der Waals surface area contributed by atoms with Gasteiger partial charge in [0.2, 0.25) is 0 Å². The van der Waals surface area contributed by atoms with Gasteiger partial charge in [0.1, 0.15) is 11.6 Å². The first-order valence-corrected chi connectivity index (χ1v) is 9.87. The van der Waals surface area contributed by atoms with Crippen LogP contribution in [0.5, 0.6) is 17.2 Å². The molecular formula is C26H29FO2. The van der Waals surface area contributed by atoms with Crippen LogP contribution >= 0.6 is 0 Å². The molecule has 0 heterocycles. The molecule has 29 heavy (non-hydrogen) atoms. The SMILES string of the molecule is CC(C)(C)c1cc(-c2cccc(F)c2)cc(C(C)(C)C)c1Oc1ccccc1O. The van der Waals surface area contributed by atoms with E-state index < -0.39 is 0 Å². The van der Waals surface area contributed by atoms with E-state index in [-0.39, 0.29) is 22.4 Å². The van der Waals surface area contributed by atoms with Crippen LogP contribution in [0.15, 0.2) is 60.7 Å². The number of hydrogen-bond acceptors (Lipinski definition) is 2. The molecule has 3 aromatic carbocycles. The van der Waals surface area contributed by atoms with Crippen molar-refractivity contribution in [3.05, 3.63) is 77.6 Å². The summed E-state index contributed by atoms with van der Waals surface area (Å²) in [5.74, 6) is 1.00. The fraction of sp³-hybridized carbons (Fsp3) is 0.308. The van der Waals surface area contributed by atoms with E-state index in [1.54, 1.807) is 30.3 Å². The highest BCUT2D eigenvalue weighted by atomic mass is 19.1. The molecule has 0 saturated carbocycles. The summed E-state index contributed by atoms with van der Waals surface area (Å²) >= 11 is 0. The Balaban J connectivity index is 2.29. The van der Waals surface area contributed by atoms with Gasteiger partial charge in [0.15, 0.2) is 11.5 Å². The third-order valence-corrected chi connectivity index (χ3v) is 4.94. The van der Waals surface area contributed by atoms with E-state index in [2.05, 4.69) is 53.7 Å². The summed E-state index contributed by atoms with van der Waals surface area (Å²) in [7, 11) is 0. The second kappa shape index (κ2) is 7.55. The normalized spacial score (nSPS) is 12.1. The quantitative estimate of drug-likeness (QED) is 0.497. The smallest absolute Gasteiger partial charge is 0.169 e. The highest BCUT2D eigenvalue weighted by Gasteiger charge is 2.29. The van der Waals surface area contributed by atoms with Crippen LogP contribution < -0.4 is 4.74 Å². The molecule has 0 atom stereocenters. The molecule has 0 aliphatic heterocycles. The first kappa shape index (κ1) is 20.9. The van der Waals surface area contributed by atoms with Crippen LogP contribution in [0.3, 0.4) is 0 Å². The lowest BCUT2D eigenvalue weighted by molar-refractivity contribution is 0.392. The van der Waals surface area contributed by atoms with Gasteiger partial charge in [-0.15, -0.1) is 0 Å². The largest absolute Gasteiger partial charge is 0.504 e. The van der Waals surface area contributed by atoms with Gasteiger partial charge in [-0.25, -0.2) is 4.39 Å². The molecule has 152 valence electrons. The number of phenols is 1. The Kier molecular flexibility index (Phi) is 5.44. The number of rotatable bonds is 3. The van der Waals surface area contributed by atoms with E-state index in [0.717, 1.165) is 28.0 Å². The molecule has 3 heteroatoms. The predicted molar refractivity (Wildman–Crippen MR) is 117 cm³/mol. The van der Waals surface area contributed by atoms with Crippen LogP contribution in [0.4, 0.5) is 4.39 Å². The summed E-state index contributed by atoms with van der Waals surface area (Å²) in [5, 5.41) is 10.3. The molecule has 0 bridgehead atoms. The van der Waals surface area contributed by atoms with Crippen molar-refractivity contribution in [1.82, 2.24) is 0 Å². The number of ether oxygens (including phenoxy) is 1. The number of aromatic hydroxyl groups is 1. The monoisotopic (exact) mass is 392 g/mol. The molecule has 0 aliphatic rings. The highest BCUT2D eigenvalue weighted by molar-refractivity contribution is 5.69. The molecule has 0 fully saturated rings. The zero-order valence-corrected chi connectivity index (χ0v) is 18.0. The predicted octanol–water partition coefficient (Wildman–Crippen LogP) is 7.59. The molecule has 0 radical (unpaired) electrons. The van der Waals surface area contributed by atoms with E-state index in [4.69, 9.17) is 4.74 Å². The topological polar surface area (TPSA) is 29.5 Å². The molecule has 3 rings (SSSR count). The van der Waals surface area contributed by atoms with Crippen molar-refractivity contribution in [3.63, 3.8) is 0 Å². The van der Waals surface area contributed by atoms with Crippen LogP contribution in [0, 0.1) is 5.82 Å². The molecule has 2 nitrogen and oxygen atoms in total. The summed E-state index contributed by atoms with van der Waals surface area (Å²) in [6.45, 7) is 12.8. The second-order valence-corrected chi connectivity index (χ2v) is 9.48. The van der Waals surface area contributed by atoms with Crippen molar-refractivity contribution in [3.8, 4) is 28.4 Å². The van der Waals surface area contributed by atoms with E-state index in [0.29, 0.717) is 5.75 Å². The molecule has 1 N–H and O–H groups in total. The van der Waals surface area contributed by atoms with Crippen molar-refractivity contribution in [1.29, 1.82) is 0 Å². The molecular weight excluding hydrogens is 363 g/mol. The van der Waals surface area contributed by atoms with Crippen LogP contribution in [0.25, 0.3) is 11.1 Å². The summed E-state index contributed by atoms with van der Waals surface area (Å²) in [6, 6.07) is 17.8. The van der Waals surface area contributed by atoms with Crippen LogP contribution in [-0.4, -0.2) is 5.11 Å². The van der Waals surface area contributed by atoms with E-state index in [1.165, 1.54) is 6.07 Å². The number of phenolic OH excluding ortho intramolecular Hbond substituents is 1. The fourth-order valence-corrected chi connectivity index (χ4v) is 3.34. The summed E-state index contributed by atoms with van der Waals surface area (Å²) in [4.78, 5) is 0. The zero-order valence-electron chi connectivity index (χ0n) is 18.0. The molecule has 0 spiro atoms. The Hall–Kier alpha value is -2.81. The lowest BCUT2D eigenvalue weighted by Gasteiger charge is -2.30. The van der Waals surface area contributed by atoms with Crippen LogP contribution in [-0.2, 0) is 10.8 Å². The molecule has 0 amide bonds. The van der Waals surface area contributed by atoms with E-state index in [9.17, 15) is 9.50 Å². The van der Waals surface area contributed by atoms with Crippen LogP contribution in [0.1, 0.15) is 52.7 Å². The van der Waals surface area contributed by atoms with Gasteiger partial charge in [-0.2, -0.15) is 0 Å². The maximum Gasteiger partial charge on any atom is 0.169 e. The lowest BCUT2D eigenvalue weighted by atomic mass is 9.77. The minimum atomic E-state index is -0.258. The first-order valence-electron chi connectivity index (χ1n) is 9.87. The Morgan fingerprint density at radius 1 is 0.724 bits per heavy atom. The Labute approximate surface area is 173 Å². The average Bonchev–Trinajstić information content (AvgIpc) is 2.62. The third-order valence-electron chi connectivity index (χ3n) is 4.94. The van der Waals surface area contributed by atoms with Crippen molar-refractivity contribution in [2.24, 2.45) is 0 Å². The molecule has 3 aromatic rings. The van der Waals surface area contributed by atoms with E-state index >= 15 is 0 Å². The first-order chi connectivity index (χ1) is 13.5. The van der Waals surface area contributed by atoms with Crippen molar-refractivity contribution < 1.29 is 14.2 Å². The standard InChI is InChI=1S/C26H29FO2/c1-25(2,3)20-15-18(17-10-9-11-19(27)14-17)16-21(26(4,5)6)24(20)29-23-13-8-7-12-22(23)28/h7-16,28H,1-6H3. The van der Waals surface area contributed by atoms with Gasteiger partial charge in [0.25, 0.3) is 0 Å². The minimum Gasteiger partial charge on any atom is -0.504 e. The number of halogens is 1. The Morgan fingerprint density at radius 3 is 1.83 bits per heavy atom. The van der Waals surface area contributed by atoms with Crippen LogP contribution in [0.2, 0.25) is 0 Å². The minimum absolute atomic E-state index is 0.0985. The fourth-order valence-electron chi connectivity index (χ4n) is 3.34. The van der Waals surface area contributed by atoms with Crippen molar-refractivity contribution >= 4 is 0 Å². The maximum atomic E-state index is 13.9. The van der Waals surface area contributed by atoms with Gasteiger partial charge in [-0.3, -0.25) is 0 Å². The summed E-state index contributed by atoms with van der Waals surface area (Å²) < 4.78 is 20.2. The lowest BCUT2D eigenvalue weighted by Crippen LogP contribution is -2.19. The number of benzene rings is 3. The summed E-state index contributed by atoms with van der Waals surface area (Å²) in [6.07, 6.45) is 0. The average molecular weight is 393 g/mol. The Bertz CT molecular complexity index is 988. The van der Waals surface area contributed by atoms with Gasteiger partial charge in [-0.1, -0.05) is 65.8 Å². The number of hydrogen-bond donors (Lipinski definition) is 1. The second-order valence-electron chi connectivity index (χ2n) is 9.48. The van der Waals surface area contributed by atoms with Gasteiger partial charge in [-0.05, 0) is 58.4 Å². The zero-order chi connectivity index (χ0) is 21.4. The van der Waals surface area contributed by atoms with Gasteiger partial charge < -0.3 is 9.84 Å². The molecule has 0 saturated heterocycles. The molecule has 0 aromatic heterocycles. The summed E-state index contributed by atoms with van der Waals surface area (Å²) in [5.41, 5.74) is 3.35. The number of para-hydroxylation sites is 2. The molecule has 0 unspecified atom stereocenters. The van der Waals surface area contributed by atoms with Gasteiger partial charge in [0.05, 0.1) is 0 Å². The van der Waals surface area contributed by atoms with Crippen molar-refractivity contribution in [2.75, 3.05) is 0 Å².